The zero-order valence-electron chi connectivity index (χ0n) is 8.48. The Balaban J connectivity index is 1.66. The number of nitrogens with two attached hydrogens (primary N) is 1. The Bertz CT molecular complexity index is 260. The maximum atomic E-state index is 5.75. The summed E-state index contributed by atoms with van der Waals surface area (Å²) in [6.07, 6.45) is 6.69. The Kier molecular flexibility index (Phi) is 2.32. The first kappa shape index (κ1) is 9.22. The monoisotopic (exact) mass is 210 g/mol. The average molecular weight is 210 g/mol. The van der Waals surface area contributed by atoms with Crippen molar-refractivity contribution in [2.75, 3.05) is 6.54 Å². The molecule has 0 bridgehead atoms. The third-order valence-electron chi connectivity index (χ3n) is 3.69. The molecule has 3 unspecified atom stereocenters. The van der Waals surface area contributed by atoms with Gasteiger partial charge in [-0.05, 0) is 44.6 Å². The summed E-state index contributed by atoms with van der Waals surface area (Å²) in [6.45, 7) is 0.878. The van der Waals surface area contributed by atoms with Crippen LogP contribution in [0.5, 0.6) is 0 Å². The van der Waals surface area contributed by atoms with Crippen LogP contribution >= 0.6 is 11.8 Å². The lowest BCUT2D eigenvalue weighted by Crippen LogP contribution is -2.31. The predicted molar refractivity (Wildman–Crippen MR) is 61.7 cm³/mol. The highest BCUT2D eigenvalue weighted by Crippen LogP contribution is 2.46. The van der Waals surface area contributed by atoms with Crippen LogP contribution in [0.3, 0.4) is 0 Å². The van der Waals surface area contributed by atoms with Gasteiger partial charge >= 0.3 is 0 Å². The van der Waals surface area contributed by atoms with Crippen molar-refractivity contribution >= 4 is 16.8 Å². The number of hydrogen-bond acceptors (Lipinski definition) is 3. The van der Waals surface area contributed by atoms with Gasteiger partial charge in [-0.3, -0.25) is 4.99 Å². The van der Waals surface area contributed by atoms with Gasteiger partial charge in [-0.1, -0.05) is 0 Å². The van der Waals surface area contributed by atoms with Gasteiger partial charge in [-0.25, -0.2) is 0 Å². The van der Waals surface area contributed by atoms with Crippen molar-refractivity contribution in [2.24, 2.45) is 22.6 Å². The van der Waals surface area contributed by atoms with Crippen LogP contribution in [0.25, 0.3) is 0 Å². The summed E-state index contributed by atoms with van der Waals surface area (Å²) in [6, 6.07) is 0.651. The van der Waals surface area contributed by atoms with Crippen molar-refractivity contribution in [3.63, 3.8) is 0 Å². The third kappa shape index (κ3) is 1.61. The Morgan fingerprint density at radius 1 is 1.29 bits per heavy atom. The van der Waals surface area contributed by atoms with Gasteiger partial charge in [0.05, 0.1) is 11.1 Å². The van der Waals surface area contributed by atoms with E-state index in [-0.39, 0.29) is 0 Å². The van der Waals surface area contributed by atoms with Crippen molar-refractivity contribution in [1.29, 1.82) is 0 Å². The molecule has 0 aromatic rings. The van der Waals surface area contributed by atoms with Crippen LogP contribution in [0, 0.1) is 11.8 Å². The van der Waals surface area contributed by atoms with Crippen molar-refractivity contribution in [3.05, 3.63) is 0 Å². The molecule has 0 radical (unpaired) electrons. The zero-order valence-corrected chi connectivity index (χ0v) is 9.30. The summed E-state index contributed by atoms with van der Waals surface area (Å²) in [5.41, 5.74) is 5.75. The van der Waals surface area contributed by atoms with Crippen LogP contribution in [-0.2, 0) is 0 Å². The summed E-state index contributed by atoms with van der Waals surface area (Å²) in [5.74, 6) is 1.64. The minimum atomic E-state index is 0.651. The topological polar surface area (TPSA) is 38.4 Å². The summed E-state index contributed by atoms with van der Waals surface area (Å²) in [7, 11) is 0. The Hall–Kier alpha value is -0.0200. The first-order chi connectivity index (χ1) is 6.86. The molecule has 0 aromatic heterocycles. The lowest BCUT2D eigenvalue weighted by atomic mass is 9.86. The SMILES string of the molecule is NCC1CCC2N=C(C3CC3)SC2C1. The summed E-state index contributed by atoms with van der Waals surface area (Å²) >= 11 is 2.08. The third-order valence-corrected chi connectivity index (χ3v) is 5.18. The Labute approximate surface area is 89.7 Å². The maximum Gasteiger partial charge on any atom is 0.0714 e. The minimum Gasteiger partial charge on any atom is -0.330 e. The molecule has 2 aliphatic carbocycles. The number of fused-ring (bicyclic) bond motifs is 1. The van der Waals surface area contributed by atoms with Crippen LogP contribution in [0.15, 0.2) is 4.99 Å². The largest absolute Gasteiger partial charge is 0.330 e. The van der Waals surface area contributed by atoms with E-state index < -0.39 is 0 Å². The van der Waals surface area contributed by atoms with E-state index in [1.807, 2.05) is 0 Å². The van der Waals surface area contributed by atoms with E-state index >= 15 is 0 Å². The quantitative estimate of drug-likeness (QED) is 0.757. The molecule has 0 saturated heterocycles. The van der Waals surface area contributed by atoms with Crippen LogP contribution < -0.4 is 5.73 Å². The van der Waals surface area contributed by atoms with Crippen LogP contribution in [0.1, 0.15) is 32.1 Å². The van der Waals surface area contributed by atoms with E-state index in [0.29, 0.717) is 6.04 Å². The lowest BCUT2D eigenvalue weighted by Gasteiger charge is -2.28. The molecule has 2 nitrogen and oxygen atoms in total. The van der Waals surface area contributed by atoms with Gasteiger partial charge in [-0.15, -0.1) is 11.8 Å². The van der Waals surface area contributed by atoms with Gasteiger partial charge < -0.3 is 5.73 Å². The normalized spacial score (nSPS) is 42.1. The van der Waals surface area contributed by atoms with Crippen LogP contribution in [0.4, 0.5) is 0 Å². The molecular formula is C11H18N2S. The first-order valence-corrected chi connectivity index (χ1v) is 6.69. The van der Waals surface area contributed by atoms with Crippen LogP contribution in [0.2, 0.25) is 0 Å². The summed E-state index contributed by atoms with van der Waals surface area (Å²) in [4.78, 5) is 4.88. The van der Waals surface area contributed by atoms with E-state index in [1.54, 1.807) is 0 Å². The lowest BCUT2D eigenvalue weighted by molar-refractivity contribution is 0.347. The molecule has 0 aromatic carbocycles. The van der Waals surface area contributed by atoms with Crippen LogP contribution in [-0.4, -0.2) is 22.9 Å². The molecule has 2 saturated carbocycles. The molecule has 3 atom stereocenters. The van der Waals surface area contributed by atoms with E-state index in [4.69, 9.17) is 10.7 Å². The van der Waals surface area contributed by atoms with Crippen molar-refractivity contribution in [3.8, 4) is 0 Å². The Morgan fingerprint density at radius 2 is 2.14 bits per heavy atom. The van der Waals surface area contributed by atoms with Crippen molar-refractivity contribution in [2.45, 2.75) is 43.4 Å². The van der Waals surface area contributed by atoms with E-state index in [0.717, 1.165) is 23.6 Å². The maximum absolute atomic E-state index is 5.75. The number of thioether (sulfide) groups is 1. The van der Waals surface area contributed by atoms with E-state index in [9.17, 15) is 0 Å². The second-order valence-electron chi connectivity index (χ2n) is 4.88. The number of aliphatic imine (C=N–C) groups is 1. The fourth-order valence-corrected chi connectivity index (χ4v) is 4.22. The molecule has 1 heterocycles. The smallest absolute Gasteiger partial charge is 0.0714 e. The highest BCUT2D eigenvalue weighted by atomic mass is 32.2. The first-order valence-electron chi connectivity index (χ1n) is 5.81. The molecule has 78 valence electrons. The van der Waals surface area contributed by atoms with Crippen molar-refractivity contribution < 1.29 is 0 Å². The highest BCUT2D eigenvalue weighted by molar-refractivity contribution is 8.14. The van der Waals surface area contributed by atoms with Gasteiger partial charge in [-0.2, -0.15) is 0 Å². The molecule has 0 spiro atoms. The molecule has 0 amide bonds. The van der Waals surface area contributed by atoms with Gasteiger partial charge in [0, 0.05) is 11.2 Å². The second kappa shape index (κ2) is 3.53. The van der Waals surface area contributed by atoms with E-state index in [1.165, 1.54) is 37.1 Å². The standard InChI is InChI=1S/C11H18N2S/c12-6-7-1-4-9-10(5-7)14-11(13-9)8-2-3-8/h7-10H,1-6,12H2. The fraction of sp³-hybridized carbons (Fsp3) is 0.909. The second-order valence-corrected chi connectivity index (χ2v) is 6.14. The van der Waals surface area contributed by atoms with Gasteiger partial charge in [0.25, 0.3) is 0 Å². The number of rotatable bonds is 2. The molecule has 3 heteroatoms. The highest BCUT2D eigenvalue weighted by Gasteiger charge is 2.40. The average Bonchev–Trinajstić information content (AvgIpc) is 2.97. The molecule has 14 heavy (non-hydrogen) atoms. The fourth-order valence-electron chi connectivity index (χ4n) is 2.57. The van der Waals surface area contributed by atoms with E-state index in [2.05, 4.69) is 11.8 Å². The predicted octanol–water partition coefficient (Wildman–Crippen LogP) is 2.04. The molecule has 3 aliphatic rings. The molecule has 1 aliphatic heterocycles. The number of nitrogens with zero attached hydrogens (tertiary/aromatic N) is 1. The van der Waals surface area contributed by atoms with Gasteiger partial charge in [0.1, 0.15) is 0 Å². The minimum absolute atomic E-state index is 0.651. The molecule has 2 N–H and O–H groups in total. The Morgan fingerprint density at radius 3 is 2.86 bits per heavy atom. The van der Waals surface area contributed by atoms with Gasteiger partial charge in [0.15, 0.2) is 0 Å². The molecule has 3 rings (SSSR count). The molecule has 2 fully saturated rings. The van der Waals surface area contributed by atoms with Crippen molar-refractivity contribution in [1.82, 2.24) is 0 Å². The number of hydrogen-bond donors (Lipinski definition) is 1. The van der Waals surface area contributed by atoms with Gasteiger partial charge in [0.2, 0.25) is 0 Å². The molecular weight excluding hydrogens is 192 g/mol. The zero-order chi connectivity index (χ0) is 9.54. The summed E-state index contributed by atoms with van der Waals surface area (Å²) < 4.78 is 0. The summed E-state index contributed by atoms with van der Waals surface area (Å²) in [5, 5.41) is 2.27.